The van der Waals surface area contributed by atoms with E-state index in [1.54, 1.807) is 19.3 Å². The molecule has 0 radical (unpaired) electrons. The SMILES string of the molecule is COc1ccc([N+](=O)[O-])cc1NC(=O)C(C)Sc1nnc(-c2cccnc2)n1C1CCCCC1C. The smallest absolute Gasteiger partial charge is 0.271 e. The van der Waals surface area contributed by atoms with Crippen LogP contribution in [0.2, 0.25) is 0 Å². The van der Waals surface area contributed by atoms with Gasteiger partial charge in [0.15, 0.2) is 11.0 Å². The highest BCUT2D eigenvalue weighted by atomic mass is 32.2. The molecule has 0 bridgehead atoms. The van der Waals surface area contributed by atoms with Crippen molar-refractivity contribution >= 4 is 29.0 Å². The number of ether oxygens (including phenoxy) is 1. The molecule has 184 valence electrons. The number of carbonyl (C=O) groups is 1. The fourth-order valence-corrected chi connectivity index (χ4v) is 5.29. The van der Waals surface area contributed by atoms with Crippen molar-refractivity contribution in [3.8, 4) is 17.1 Å². The third-order valence-corrected chi connectivity index (χ3v) is 7.34. The highest BCUT2D eigenvalue weighted by molar-refractivity contribution is 8.00. The number of thioether (sulfide) groups is 1. The van der Waals surface area contributed by atoms with Crippen LogP contribution in [0.25, 0.3) is 11.4 Å². The van der Waals surface area contributed by atoms with Gasteiger partial charge < -0.3 is 10.1 Å². The second kappa shape index (κ2) is 10.9. The van der Waals surface area contributed by atoms with Crippen molar-refractivity contribution in [1.82, 2.24) is 19.7 Å². The van der Waals surface area contributed by atoms with Crippen molar-refractivity contribution in [3.63, 3.8) is 0 Å². The van der Waals surface area contributed by atoms with E-state index < -0.39 is 10.2 Å². The zero-order chi connectivity index (χ0) is 24.9. The Kier molecular flexibility index (Phi) is 7.64. The summed E-state index contributed by atoms with van der Waals surface area (Å²) in [4.78, 5) is 28.0. The first-order chi connectivity index (χ1) is 16.9. The molecular weight excluding hydrogens is 468 g/mol. The van der Waals surface area contributed by atoms with E-state index in [0.717, 1.165) is 30.7 Å². The Morgan fingerprint density at radius 2 is 2.09 bits per heavy atom. The summed E-state index contributed by atoms with van der Waals surface area (Å²) in [5.74, 6) is 1.22. The van der Waals surface area contributed by atoms with E-state index in [1.165, 1.54) is 43.5 Å². The van der Waals surface area contributed by atoms with Crippen molar-refractivity contribution in [2.75, 3.05) is 12.4 Å². The molecule has 1 N–H and O–H groups in total. The molecule has 35 heavy (non-hydrogen) atoms. The largest absolute Gasteiger partial charge is 0.495 e. The van der Waals surface area contributed by atoms with Gasteiger partial charge in [-0.1, -0.05) is 31.5 Å². The van der Waals surface area contributed by atoms with Gasteiger partial charge in [0.1, 0.15) is 5.75 Å². The Labute approximate surface area is 207 Å². The van der Waals surface area contributed by atoms with Crippen molar-refractivity contribution in [3.05, 3.63) is 52.8 Å². The van der Waals surface area contributed by atoms with E-state index in [-0.39, 0.29) is 23.3 Å². The Morgan fingerprint density at radius 1 is 1.29 bits per heavy atom. The second-order valence-corrected chi connectivity index (χ2v) is 9.95. The molecule has 0 spiro atoms. The molecule has 0 aliphatic heterocycles. The van der Waals surface area contributed by atoms with Crippen LogP contribution in [0.5, 0.6) is 5.75 Å². The van der Waals surface area contributed by atoms with Crippen molar-refractivity contribution in [2.45, 2.75) is 56.0 Å². The lowest BCUT2D eigenvalue weighted by Crippen LogP contribution is -2.25. The van der Waals surface area contributed by atoms with Crippen molar-refractivity contribution in [2.24, 2.45) is 5.92 Å². The summed E-state index contributed by atoms with van der Waals surface area (Å²) in [6.45, 7) is 4.02. The Morgan fingerprint density at radius 3 is 2.77 bits per heavy atom. The molecule has 1 fully saturated rings. The van der Waals surface area contributed by atoms with Crippen molar-refractivity contribution in [1.29, 1.82) is 0 Å². The monoisotopic (exact) mass is 496 g/mol. The summed E-state index contributed by atoms with van der Waals surface area (Å²) in [6.07, 6.45) is 7.97. The summed E-state index contributed by atoms with van der Waals surface area (Å²) >= 11 is 1.31. The third kappa shape index (κ3) is 5.45. The van der Waals surface area contributed by atoms with E-state index in [0.29, 0.717) is 16.8 Å². The number of nitro groups is 1. The number of nitrogens with one attached hydrogen (secondary N) is 1. The molecule has 1 amide bonds. The van der Waals surface area contributed by atoms with E-state index in [1.807, 2.05) is 12.1 Å². The zero-order valence-corrected chi connectivity index (χ0v) is 20.7. The minimum absolute atomic E-state index is 0.131. The minimum atomic E-state index is -0.539. The normalized spacial score (nSPS) is 18.6. The summed E-state index contributed by atoms with van der Waals surface area (Å²) in [5, 5.41) is 23.0. The van der Waals surface area contributed by atoms with Crippen LogP contribution < -0.4 is 10.1 Å². The van der Waals surface area contributed by atoms with Gasteiger partial charge in [0.05, 0.1) is 23.0 Å². The van der Waals surface area contributed by atoms with Gasteiger partial charge in [0, 0.05) is 36.1 Å². The molecular formula is C24H28N6O4S. The molecule has 10 nitrogen and oxygen atoms in total. The molecule has 2 heterocycles. The van der Waals surface area contributed by atoms with Crippen LogP contribution in [0, 0.1) is 16.0 Å². The number of hydrogen-bond donors (Lipinski definition) is 1. The van der Waals surface area contributed by atoms with Gasteiger partial charge in [-0.3, -0.25) is 24.5 Å². The van der Waals surface area contributed by atoms with Crippen LogP contribution in [0.15, 0.2) is 47.9 Å². The summed E-state index contributed by atoms with van der Waals surface area (Å²) in [7, 11) is 1.45. The number of amides is 1. The number of hydrogen-bond acceptors (Lipinski definition) is 8. The first-order valence-electron chi connectivity index (χ1n) is 11.5. The number of carbonyl (C=O) groups excluding carboxylic acids is 1. The quantitative estimate of drug-likeness (QED) is 0.259. The summed E-state index contributed by atoms with van der Waals surface area (Å²) in [6, 6.07) is 8.14. The van der Waals surface area contributed by atoms with E-state index in [2.05, 4.69) is 32.0 Å². The molecule has 1 aromatic carbocycles. The number of nitrogens with zero attached hydrogens (tertiary/aromatic N) is 5. The van der Waals surface area contributed by atoms with Crippen LogP contribution in [0.4, 0.5) is 11.4 Å². The molecule has 1 aliphatic carbocycles. The Balaban J connectivity index is 1.60. The summed E-state index contributed by atoms with van der Waals surface area (Å²) < 4.78 is 7.42. The maximum absolute atomic E-state index is 13.1. The van der Waals surface area contributed by atoms with Crippen LogP contribution in [-0.4, -0.2) is 42.9 Å². The number of aromatic nitrogens is 4. The van der Waals surface area contributed by atoms with Gasteiger partial charge >= 0.3 is 0 Å². The maximum atomic E-state index is 13.1. The molecule has 4 rings (SSSR count). The number of rotatable bonds is 8. The third-order valence-electron chi connectivity index (χ3n) is 6.29. The fraction of sp³-hybridized carbons (Fsp3) is 0.417. The number of anilines is 1. The molecule has 3 atom stereocenters. The molecule has 11 heteroatoms. The fourth-order valence-electron chi connectivity index (χ4n) is 4.38. The average molecular weight is 497 g/mol. The first-order valence-corrected chi connectivity index (χ1v) is 12.4. The number of benzene rings is 1. The lowest BCUT2D eigenvalue weighted by atomic mass is 9.85. The predicted octanol–water partition coefficient (Wildman–Crippen LogP) is 5.13. The highest BCUT2D eigenvalue weighted by Crippen LogP contribution is 2.40. The number of non-ortho nitro benzene ring substituents is 1. The van der Waals surface area contributed by atoms with Crippen molar-refractivity contribution < 1.29 is 14.5 Å². The molecule has 3 aromatic rings. The lowest BCUT2D eigenvalue weighted by molar-refractivity contribution is -0.384. The van der Waals surface area contributed by atoms with Crippen LogP contribution >= 0.6 is 11.8 Å². The van der Waals surface area contributed by atoms with Gasteiger partial charge in [0.25, 0.3) is 5.69 Å². The molecule has 0 saturated heterocycles. The topological polar surface area (TPSA) is 125 Å². The molecule has 2 aromatic heterocycles. The molecule has 1 aliphatic rings. The zero-order valence-electron chi connectivity index (χ0n) is 19.9. The number of nitro benzene ring substituents is 1. The lowest BCUT2D eigenvalue weighted by Gasteiger charge is -2.31. The van der Waals surface area contributed by atoms with Crippen LogP contribution in [0.1, 0.15) is 45.6 Å². The van der Waals surface area contributed by atoms with Crippen LogP contribution in [-0.2, 0) is 4.79 Å². The van der Waals surface area contributed by atoms with Gasteiger partial charge in [-0.15, -0.1) is 10.2 Å². The second-order valence-electron chi connectivity index (χ2n) is 8.64. The van der Waals surface area contributed by atoms with Gasteiger partial charge in [-0.2, -0.15) is 0 Å². The van der Waals surface area contributed by atoms with Gasteiger partial charge in [0.2, 0.25) is 5.91 Å². The molecule has 3 unspecified atom stereocenters. The van der Waals surface area contributed by atoms with E-state index in [4.69, 9.17) is 4.74 Å². The Hall–Kier alpha value is -3.47. The Bertz CT molecular complexity index is 1200. The summed E-state index contributed by atoms with van der Waals surface area (Å²) in [5.41, 5.74) is 0.995. The maximum Gasteiger partial charge on any atom is 0.271 e. The van der Waals surface area contributed by atoms with E-state index >= 15 is 0 Å². The van der Waals surface area contributed by atoms with Crippen LogP contribution in [0.3, 0.4) is 0 Å². The first kappa shape index (κ1) is 24.6. The van der Waals surface area contributed by atoms with Gasteiger partial charge in [-0.05, 0) is 43.9 Å². The number of methoxy groups -OCH3 is 1. The number of pyridine rings is 1. The predicted molar refractivity (Wildman–Crippen MR) is 134 cm³/mol. The van der Waals surface area contributed by atoms with Gasteiger partial charge in [-0.25, -0.2) is 0 Å². The average Bonchev–Trinajstić information content (AvgIpc) is 3.27. The highest BCUT2D eigenvalue weighted by Gasteiger charge is 2.30. The van der Waals surface area contributed by atoms with E-state index in [9.17, 15) is 14.9 Å². The standard InChI is InChI=1S/C24H28N6O4S/c1-15-7-4-5-9-20(15)29-22(17-8-6-12-25-14-17)27-28-24(29)35-16(2)23(31)26-19-13-18(30(32)33)10-11-21(19)34-3/h6,8,10-16,20H,4-5,7,9H2,1-3H3,(H,26,31). The minimum Gasteiger partial charge on any atom is -0.495 e. The molecule has 1 saturated carbocycles.